The van der Waals surface area contributed by atoms with Crippen LogP contribution >= 0.6 is 23.4 Å². The number of rotatable bonds is 6. The van der Waals surface area contributed by atoms with E-state index in [2.05, 4.69) is 0 Å². The zero-order chi connectivity index (χ0) is 21.8. The monoisotopic (exact) mass is 447 g/mol. The Morgan fingerprint density at radius 2 is 1.70 bits per heavy atom. The summed E-state index contributed by atoms with van der Waals surface area (Å²) in [6, 6.07) is 10.1. The largest absolute Gasteiger partial charge is 0.493 e. The van der Waals surface area contributed by atoms with E-state index in [4.69, 9.17) is 25.8 Å². The number of ether oxygens (including phenoxy) is 3. The number of amides is 2. The van der Waals surface area contributed by atoms with Crippen LogP contribution in [0.4, 0.5) is 4.79 Å². The second-order valence-electron chi connectivity index (χ2n) is 6.24. The van der Waals surface area contributed by atoms with E-state index in [-0.39, 0.29) is 33.9 Å². The zero-order valence-corrected chi connectivity index (χ0v) is 18.0. The minimum Gasteiger partial charge on any atom is -0.493 e. The van der Waals surface area contributed by atoms with Crippen LogP contribution in [0.3, 0.4) is 0 Å². The van der Waals surface area contributed by atoms with Crippen LogP contribution in [0.2, 0.25) is 5.02 Å². The Labute approximate surface area is 182 Å². The smallest absolute Gasteiger partial charge is 0.308 e. The molecular weight excluding hydrogens is 430 g/mol. The Kier molecular flexibility index (Phi) is 6.69. The van der Waals surface area contributed by atoms with Crippen molar-refractivity contribution in [2.45, 2.75) is 13.5 Å². The molecule has 1 heterocycles. The summed E-state index contributed by atoms with van der Waals surface area (Å²) in [7, 11) is 2.84. The van der Waals surface area contributed by atoms with Crippen molar-refractivity contribution in [1.82, 2.24) is 4.90 Å². The molecule has 0 atom stereocenters. The maximum absolute atomic E-state index is 12.8. The second kappa shape index (κ2) is 9.23. The molecule has 0 aromatic heterocycles. The van der Waals surface area contributed by atoms with Crippen LogP contribution in [0.25, 0.3) is 6.08 Å². The predicted molar refractivity (Wildman–Crippen MR) is 114 cm³/mol. The van der Waals surface area contributed by atoms with Gasteiger partial charge in [-0.25, -0.2) is 0 Å². The minimum absolute atomic E-state index is 0.139. The van der Waals surface area contributed by atoms with Crippen molar-refractivity contribution < 1.29 is 28.6 Å². The van der Waals surface area contributed by atoms with Gasteiger partial charge in [0.15, 0.2) is 11.5 Å². The third-order valence-electron chi connectivity index (χ3n) is 4.15. The first-order valence-electron chi connectivity index (χ1n) is 8.76. The molecule has 1 aliphatic rings. The molecule has 0 N–H and O–H groups in total. The van der Waals surface area contributed by atoms with Crippen LogP contribution in [0.5, 0.6) is 17.2 Å². The molecule has 2 amide bonds. The average molecular weight is 448 g/mol. The number of benzene rings is 2. The highest BCUT2D eigenvalue weighted by molar-refractivity contribution is 8.18. The molecule has 0 saturated carbocycles. The normalized spacial score (nSPS) is 14.9. The number of hydrogen-bond donors (Lipinski definition) is 0. The van der Waals surface area contributed by atoms with Crippen molar-refractivity contribution in [2.24, 2.45) is 0 Å². The van der Waals surface area contributed by atoms with Gasteiger partial charge >= 0.3 is 5.97 Å². The van der Waals surface area contributed by atoms with Gasteiger partial charge in [-0.15, -0.1) is 0 Å². The summed E-state index contributed by atoms with van der Waals surface area (Å²) in [5.41, 5.74) is 1.34. The highest BCUT2D eigenvalue weighted by Gasteiger charge is 2.35. The predicted octanol–water partition coefficient (Wildman–Crippen LogP) is 4.52. The quantitative estimate of drug-likeness (QED) is 0.366. The van der Waals surface area contributed by atoms with Crippen molar-refractivity contribution in [3.05, 3.63) is 57.5 Å². The van der Waals surface area contributed by atoms with Crippen LogP contribution in [0.15, 0.2) is 41.3 Å². The number of imide groups is 1. The number of carbonyl (C=O) groups excluding carboxylic acids is 3. The van der Waals surface area contributed by atoms with Gasteiger partial charge in [0.2, 0.25) is 5.75 Å². The Balaban J connectivity index is 1.89. The number of hydrogen-bond acceptors (Lipinski definition) is 7. The first-order valence-corrected chi connectivity index (χ1v) is 9.96. The molecule has 30 heavy (non-hydrogen) atoms. The van der Waals surface area contributed by atoms with Gasteiger partial charge in [-0.3, -0.25) is 19.3 Å². The van der Waals surface area contributed by atoms with Gasteiger partial charge in [-0.1, -0.05) is 23.7 Å². The lowest BCUT2D eigenvalue weighted by atomic mass is 10.1. The molecule has 0 radical (unpaired) electrons. The maximum atomic E-state index is 12.8. The number of carbonyl (C=O) groups is 3. The molecule has 0 unspecified atom stereocenters. The topological polar surface area (TPSA) is 82.1 Å². The SMILES string of the molecule is COc1cc(/C=C2\SC(=O)N(Cc3ccc(Cl)cc3)C2=O)cc(OC)c1OC(C)=O. The number of esters is 1. The van der Waals surface area contributed by atoms with E-state index in [1.807, 2.05) is 0 Å². The second-order valence-corrected chi connectivity index (χ2v) is 7.67. The van der Waals surface area contributed by atoms with E-state index in [0.717, 1.165) is 17.3 Å². The Morgan fingerprint density at radius 1 is 1.10 bits per heavy atom. The standard InChI is InChI=1S/C21H18ClNO6S/c1-12(24)29-19-16(27-2)8-14(9-17(19)28-3)10-18-20(25)23(21(26)30-18)11-13-4-6-15(22)7-5-13/h4-10H,11H2,1-3H3/b18-10-. The molecule has 156 valence electrons. The summed E-state index contributed by atoms with van der Waals surface area (Å²) in [6.45, 7) is 1.42. The molecule has 0 spiro atoms. The van der Waals surface area contributed by atoms with Crippen LogP contribution in [-0.2, 0) is 16.1 Å². The molecule has 1 aliphatic heterocycles. The van der Waals surface area contributed by atoms with Crippen molar-refractivity contribution in [2.75, 3.05) is 14.2 Å². The fraction of sp³-hybridized carbons (Fsp3) is 0.190. The summed E-state index contributed by atoms with van der Waals surface area (Å²) in [6.07, 6.45) is 1.56. The van der Waals surface area contributed by atoms with Crippen LogP contribution in [-0.4, -0.2) is 36.2 Å². The third-order valence-corrected chi connectivity index (χ3v) is 5.31. The average Bonchev–Trinajstić information content (AvgIpc) is 2.97. The molecule has 0 aliphatic carbocycles. The van der Waals surface area contributed by atoms with Gasteiger partial charge < -0.3 is 14.2 Å². The van der Waals surface area contributed by atoms with E-state index in [9.17, 15) is 14.4 Å². The van der Waals surface area contributed by atoms with Gasteiger partial charge in [0, 0.05) is 11.9 Å². The highest BCUT2D eigenvalue weighted by Crippen LogP contribution is 2.40. The van der Waals surface area contributed by atoms with Crippen molar-refractivity contribution in [3.8, 4) is 17.2 Å². The van der Waals surface area contributed by atoms with E-state index in [1.165, 1.54) is 26.0 Å². The fourth-order valence-corrected chi connectivity index (χ4v) is 3.75. The Bertz CT molecular complexity index is 1010. The van der Waals surface area contributed by atoms with Crippen LogP contribution < -0.4 is 14.2 Å². The van der Waals surface area contributed by atoms with Gasteiger partial charge in [0.05, 0.1) is 25.7 Å². The summed E-state index contributed by atoms with van der Waals surface area (Å²) in [4.78, 5) is 37.9. The zero-order valence-electron chi connectivity index (χ0n) is 16.4. The Morgan fingerprint density at radius 3 is 2.23 bits per heavy atom. The maximum Gasteiger partial charge on any atom is 0.308 e. The number of halogens is 1. The molecule has 2 aromatic carbocycles. The summed E-state index contributed by atoms with van der Waals surface area (Å²) >= 11 is 6.72. The molecule has 1 saturated heterocycles. The molecule has 1 fully saturated rings. The fourth-order valence-electron chi connectivity index (χ4n) is 2.79. The molecular formula is C21H18ClNO6S. The van der Waals surface area contributed by atoms with E-state index in [1.54, 1.807) is 42.5 Å². The lowest BCUT2D eigenvalue weighted by Crippen LogP contribution is -2.27. The lowest BCUT2D eigenvalue weighted by molar-refractivity contribution is -0.132. The minimum atomic E-state index is -0.525. The number of methoxy groups -OCH3 is 2. The number of thioether (sulfide) groups is 1. The summed E-state index contributed by atoms with van der Waals surface area (Å²) in [5, 5.41) is 0.213. The van der Waals surface area contributed by atoms with Gasteiger partial charge in [0.25, 0.3) is 11.1 Å². The van der Waals surface area contributed by atoms with E-state index in [0.29, 0.717) is 10.6 Å². The van der Waals surface area contributed by atoms with Crippen molar-refractivity contribution in [1.29, 1.82) is 0 Å². The third kappa shape index (κ3) is 4.77. The van der Waals surface area contributed by atoms with Gasteiger partial charge in [-0.05, 0) is 53.2 Å². The van der Waals surface area contributed by atoms with E-state index >= 15 is 0 Å². The van der Waals surface area contributed by atoms with Gasteiger partial charge in [0.1, 0.15) is 0 Å². The molecule has 2 aromatic rings. The van der Waals surface area contributed by atoms with Crippen molar-refractivity contribution in [3.63, 3.8) is 0 Å². The van der Waals surface area contributed by atoms with Gasteiger partial charge in [-0.2, -0.15) is 0 Å². The molecule has 7 nitrogen and oxygen atoms in total. The first kappa shape index (κ1) is 21.7. The van der Waals surface area contributed by atoms with Crippen molar-refractivity contribution >= 4 is 46.6 Å². The Hall–Kier alpha value is -2.97. The molecule has 0 bridgehead atoms. The highest BCUT2D eigenvalue weighted by atomic mass is 35.5. The van der Waals surface area contributed by atoms with E-state index < -0.39 is 11.9 Å². The summed E-state index contributed by atoms with van der Waals surface area (Å²) in [5.74, 6) is -0.266. The lowest BCUT2D eigenvalue weighted by Gasteiger charge is -2.14. The van der Waals surface area contributed by atoms with Crippen LogP contribution in [0, 0.1) is 0 Å². The number of nitrogens with zero attached hydrogens (tertiary/aromatic N) is 1. The molecule has 3 rings (SSSR count). The van der Waals surface area contributed by atoms with Crippen LogP contribution in [0.1, 0.15) is 18.1 Å². The molecule has 9 heteroatoms. The summed E-state index contributed by atoms with van der Waals surface area (Å²) < 4.78 is 15.7. The first-order chi connectivity index (χ1) is 14.3.